The van der Waals surface area contributed by atoms with Gasteiger partial charge in [0.15, 0.2) is 0 Å². The summed E-state index contributed by atoms with van der Waals surface area (Å²) in [6, 6.07) is 20.7. The number of halogens is 4. The molecule has 0 amide bonds. The number of pyridine rings is 2. The summed E-state index contributed by atoms with van der Waals surface area (Å²) < 4.78 is 2.14. The van der Waals surface area contributed by atoms with Gasteiger partial charge in [0.2, 0.25) is 0 Å². The van der Waals surface area contributed by atoms with Crippen molar-refractivity contribution in [2.75, 3.05) is 33.2 Å². The predicted octanol–water partition coefficient (Wildman–Crippen LogP) is 10.8. The van der Waals surface area contributed by atoms with Crippen LogP contribution in [0.5, 0.6) is 0 Å². The number of fused-ring (bicyclic) bond motifs is 4. The molecule has 2 aromatic carbocycles. The monoisotopic (exact) mass is 790 g/mol. The molecule has 2 fully saturated rings. The highest BCUT2D eigenvalue weighted by Gasteiger charge is 2.32. The minimum Gasteiger partial charge on any atom is -0.317 e. The maximum Gasteiger partial charge on any atom is 0.0791 e. The van der Waals surface area contributed by atoms with Crippen molar-refractivity contribution in [1.82, 2.24) is 20.2 Å². The first-order valence-electron chi connectivity index (χ1n) is 16.2. The molecule has 4 nitrogen and oxygen atoms in total. The van der Waals surface area contributed by atoms with E-state index in [2.05, 4.69) is 91.6 Å². The van der Waals surface area contributed by atoms with Gasteiger partial charge in [-0.05, 0) is 123 Å². The molecule has 1 atom stereocenters. The van der Waals surface area contributed by atoms with Crippen LogP contribution in [0, 0.1) is 5.92 Å². The minimum atomic E-state index is 0. The van der Waals surface area contributed by atoms with Crippen molar-refractivity contribution in [2.45, 2.75) is 31.6 Å². The number of hydrogen-bond acceptors (Lipinski definition) is 4. The summed E-state index contributed by atoms with van der Waals surface area (Å²) in [5.41, 5.74) is 12.3. The van der Waals surface area contributed by atoms with Crippen molar-refractivity contribution >= 4 is 81.8 Å². The van der Waals surface area contributed by atoms with Crippen LogP contribution in [0.2, 0.25) is 10.0 Å². The topological polar surface area (TPSA) is 41.1 Å². The van der Waals surface area contributed by atoms with Crippen molar-refractivity contribution in [3.8, 4) is 0 Å². The van der Waals surface area contributed by atoms with Crippen LogP contribution < -0.4 is 5.32 Å². The van der Waals surface area contributed by atoms with Gasteiger partial charge < -0.3 is 10.2 Å². The summed E-state index contributed by atoms with van der Waals surface area (Å²) in [5, 5.41) is 5.01. The molecule has 4 aromatic rings. The standard InChI is InChI=1S/C20H18BrClN2.C19H18BrClN2.H2/c1-24-9-6-13(7-10-24)19-16-5-4-15(22)11-14(16)12-18(21)17-3-2-8-23-20(17)19;20-17-11-13-10-14(21)3-4-15(13)18(12-5-8-22-9-6-12)19-16(17)2-1-7-23-19;/h2-5,8,11-12H,6-7,9-10H2,1H3;1-4,7,10-12,18,22H,5-6,8-9H2;1H. The summed E-state index contributed by atoms with van der Waals surface area (Å²) >= 11 is 20.0. The van der Waals surface area contributed by atoms with E-state index in [-0.39, 0.29) is 1.43 Å². The number of hydrogen-bond donors (Lipinski definition) is 1. The second-order valence-corrected chi connectivity index (χ2v) is 15.3. The van der Waals surface area contributed by atoms with E-state index in [1.165, 1.54) is 51.9 Å². The lowest BCUT2D eigenvalue weighted by Gasteiger charge is -2.32. The summed E-state index contributed by atoms with van der Waals surface area (Å²) in [7, 11) is 2.19. The molecule has 2 saturated heterocycles. The molecule has 1 N–H and O–H groups in total. The highest BCUT2D eigenvalue weighted by Crippen LogP contribution is 2.46. The van der Waals surface area contributed by atoms with Gasteiger partial charge in [-0.2, -0.15) is 0 Å². The Kier molecular flexibility index (Phi) is 10.2. The third-order valence-corrected chi connectivity index (χ3v) is 11.5. The van der Waals surface area contributed by atoms with Gasteiger partial charge in [-0.1, -0.05) is 84.9 Å². The Morgan fingerprint density at radius 2 is 1.43 bits per heavy atom. The van der Waals surface area contributed by atoms with Crippen molar-refractivity contribution in [3.63, 3.8) is 0 Å². The van der Waals surface area contributed by atoms with Gasteiger partial charge in [-0.15, -0.1) is 0 Å². The van der Waals surface area contributed by atoms with Crippen molar-refractivity contribution in [1.29, 1.82) is 0 Å². The quantitative estimate of drug-likeness (QED) is 0.208. The van der Waals surface area contributed by atoms with Gasteiger partial charge >= 0.3 is 0 Å². The third-order valence-electron chi connectivity index (χ3n) is 9.72. The zero-order chi connectivity index (χ0) is 32.5. The van der Waals surface area contributed by atoms with Crippen LogP contribution in [0.25, 0.3) is 26.7 Å². The van der Waals surface area contributed by atoms with E-state index in [0.29, 0.717) is 11.8 Å². The first-order valence-corrected chi connectivity index (χ1v) is 18.6. The van der Waals surface area contributed by atoms with E-state index >= 15 is 0 Å². The Bertz CT molecular complexity index is 1910. The van der Waals surface area contributed by atoms with Gasteiger partial charge in [0.1, 0.15) is 0 Å². The summed E-state index contributed by atoms with van der Waals surface area (Å²) in [6.45, 7) is 4.36. The molecular formula is C39H38Br2Cl2N4. The average Bonchev–Trinajstić information content (AvgIpc) is 3.29. The Balaban J connectivity index is 0.000000164. The third kappa shape index (κ3) is 6.96. The molecule has 2 aliphatic carbocycles. The molecule has 0 spiro atoms. The summed E-state index contributed by atoms with van der Waals surface area (Å²) in [6.07, 6.45) is 12.7. The fourth-order valence-electron chi connectivity index (χ4n) is 7.35. The highest BCUT2D eigenvalue weighted by atomic mass is 79.9. The highest BCUT2D eigenvalue weighted by molar-refractivity contribution is 9.15. The van der Waals surface area contributed by atoms with Crippen LogP contribution in [-0.4, -0.2) is 48.1 Å². The van der Waals surface area contributed by atoms with E-state index in [0.717, 1.165) is 74.9 Å². The fraction of sp³-hybridized carbons (Fsp3) is 0.282. The molecule has 47 heavy (non-hydrogen) atoms. The zero-order valence-electron chi connectivity index (χ0n) is 26.2. The molecular weight excluding hydrogens is 755 g/mol. The average molecular weight is 793 g/mol. The van der Waals surface area contributed by atoms with Gasteiger partial charge in [-0.25, -0.2) is 0 Å². The summed E-state index contributed by atoms with van der Waals surface area (Å²) in [4.78, 5) is 11.9. The van der Waals surface area contributed by atoms with Crippen LogP contribution in [0.3, 0.4) is 0 Å². The molecule has 1 unspecified atom stereocenters. The van der Waals surface area contributed by atoms with E-state index < -0.39 is 0 Å². The largest absolute Gasteiger partial charge is 0.317 e. The maximum atomic E-state index is 6.26. The number of piperidine rings is 2. The molecule has 8 rings (SSSR count). The van der Waals surface area contributed by atoms with Crippen molar-refractivity contribution in [2.24, 2.45) is 5.92 Å². The van der Waals surface area contributed by atoms with Crippen LogP contribution >= 0.6 is 55.1 Å². The number of rotatable bonds is 1. The lowest BCUT2D eigenvalue weighted by atomic mass is 9.76. The molecule has 2 aromatic heterocycles. The first-order chi connectivity index (χ1) is 22.9. The van der Waals surface area contributed by atoms with E-state index in [1.807, 2.05) is 42.7 Å². The van der Waals surface area contributed by atoms with E-state index in [9.17, 15) is 0 Å². The van der Waals surface area contributed by atoms with Gasteiger partial charge in [0, 0.05) is 68.5 Å². The second-order valence-electron chi connectivity index (χ2n) is 12.7. The zero-order valence-corrected chi connectivity index (χ0v) is 30.9. The Labute approximate surface area is 305 Å². The minimum absolute atomic E-state index is 0. The van der Waals surface area contributed by atoms with Crippen LogP contribution in [0.1, 0.15) is 77.8 Å². The lowest BCUT2D eigenvalue weighted by Crippen LogP contribution is -2.31. The number of nitrogens with zero attached hydrogens (tertiary/aromatic N) is 3. The lowest BCUT2D eigenvalue weighted by molar-refractivity contribution is 0.313. The number of benzene rings is 2. The Hall–Kier alpha value is -2.58. The van der Waals surface area contributed by atoms with Gasteiger partial charge in [-0.3, -0.25) is 9.97 Å². The summed E-state index contributed by atoms with van der Waals surface area (Å²) in [5.74, 6) is 0.934. The number of aromatic nitrogens is 2. The maximum absolute atomic E-state index is 6.26. The Morgan fingerprint density at radius 3 is 2.19 bits per heavy atom. The molecule has 8 heteroatoms. The normalized spacial score (nSPS) is 19.5. The van der Waals surface area contributed by atoms with Crippen LogP contribution in [-0.2, 0) is 0 Å². The van der Waals surface area contributed by atoms with E-state index in [4.69, 9.17) is 33.2 Å². The molecule has 2 aliphatic heterocycles. The molecule has 4 heterocycles. The smallest absolute Gasteiger partial charge is 0.0791 e. The van der Waals surface area contributed by atoms with Gasteiger partial charge in [0.05, 0.1) is 11.4 Å². The molecule has 0 radical (unpaired) electrons. The fourth-order valence-corrected chi connectivity index (χ4v) is 8.86. The SMILES string of the molecule is CN1CCC(=C2c3ccc(Cl)cc3C=C(Br)c3cccnc32)CC1.Clc1ccc2c(c1)C=C(Br)c1cccnc1C2C1CCNCC1.[HH]. The molecule has 4 aliphatic rings. The van der Waals surface area contributed by atoms with Crippen molar-refractivity contribution < 1.29 is 1.43 Å². The predicted molar refractivity (Wildman–Crippen MR) is 207 cm³/mol. The van der Waals surface area contributed by atoms with Crippen LogP contribution in [0.4, 0.5) is 0 Å². The number of likely N-dealkylation sites (tertiary alicyclic amines) is 1. The van der Waals surface area contributed by atoms with Gasteiger partial charge in [0.25, 0.3) is 0 Å². The van der Waals surface area contributed by atoms with Crippen LogP contribution in [0.15, 0.2) is 78.6 Å². The molecule has 0 bridgehead atoms. The van der Waals surface area contributed by atoms with E-state index in [1.54, 1.807) is 0 Å². The first kappa shape index (κ1) is 32.9. The van der Waals surface area contributed by atoms with Crippen molar-refractivity contribution in [3.05, 3.63) is 133 Å². The Morgan fingerprint density at radius 1 is 0.787 bits per heavy atom. The number of nitrogens with one attached hydrogen (secondary N) is 1. The molecule has 0 saturated carbocycles. The molecule has 242 valence electrons. The second kappa shape index (κ2) is 14.5.